The standard InChI is InChI=1S/C39H65N3O32S/c1-10(46)40-19-13(49)4-39(38(60)61,74-32(19)22(51)14(50)5-43)65-8-17-25(54)31(21(34(59)67-17)42-12(3)48)72-37-29(58)33(24(53)15(6-44)68-37)73-35-20(41-11(2)47)26(55)30(16(7-45)69-35)71-36-28(57)27(56)23(52)18(70-36)9-66-75(62,63)64/h13-37,43-45,49-59H,4-9H2,1-3H3,(H,40,46)(H,41,47)(H,42,48)(H,60,61)(H,62,63,64)/t13-,14+,15+,16+,17+,18+,19+,20+,21+,22+,23-,24-,25-,26+,27-,28+,29+,30+,31+,32+,33-,34?,35-,36-,37-,39+/m0/s1. The second kappa shape index (κ2) is 26.2. The maximum absolute atomic E-state index is 12.8. The summed E-state index contributed by atoms with van der Waals surface area (Å²) in [5.41, 5.74) is 0. The summed E-state index contributed by atoms with van der Waals surface area (Å²) < 4.78 is 86.3. The Labute approximate surface area is 424 Å². The van der Waals surface area contributed by atoms with E-state index in [1.54, 1.807) is 0 Å². The van der Waals surface area contributed by atoms with Crippen molar-refractivity contribution >= 4 is 34.1 Å². The van der Waals surface area contributed by atoms with Crippen LogP contribution >= 0.6 is 0 Å². The molecule has 0 aromatic carbocycles. The van der Waals surface area contributed by atoms with E-state index in [4.69, 9.17) is 47.2 Å². The molecule has 26 atom stereocenters. The number of carboxylic acids is 1. The first-order valence-electron chi connectivity index (χ1n) is 22.9. The summed E-state index contributed by atoms with van der Waals surface area (Å²) in [5.74, 6) is -7.56. The molecule has 5 aliphatic heterocycles. The minimum absolute atomic E-state index is 0.796. The molecule has 0 spiro atoms. The molecule has 3 amide bonds. The average molecular weight is 1120 g/mol. The zero-order valence-electron chi connectivity index (χ0n) is 39.8. The van der Waals surface area contributed by atoms with Gasteiger partial charge in [-0.3, -0.25) is 18.9 Å². The SMILES string of the molecule is CC(=O)N[C@H]1[C@H](O[C@H]2[C@@H](O)[C@@H](CO)O[C@@H](O[C@H]3[C@@H](O)[C@@H](CO[C@]4(C(=O)O)C[C@H](O)[C@@H](NC(C)=O)[C@H]([C@H](O)[C@H](O)CO)O4)OC(O)[C@@H]3NC(C)=O)[C@@H]2O)O[C@H](CO)[C@@H](O[C@@H]2O[C@H](COS(=O)(=O)O)[C@H](O)[C@H](O)[C@H]2O)[C@@H]1O. The highest BCUT2D eigenvalue weighted by Gasteiger charge is 2.59. The second-order valence-corrected chi connectivity index (χ2v) is 19.2. The fourth-order valence-electron chi connectivity index (χ4n) is 8.97. The molecule has 0 radical (unpaired) electrons. The van der Waals surface area contributed by atoms with Crippen molar-refractivity contribution in [3.05, 3.63) is 0 Å². The van der Waals surface area contributed by atoms with Gasteiger partial charge in [-0.25, -0.2) is 8.98 Å². The minimum Gasteiger partial charge on any atom is -0.477 e. The summed E-state index contributed by atoms with van der Waals surface area (Å²) in [5, 5.41) is 168. The third-order valence-corrected chi connectivity index (χ3v) is 13.1. The number of hydrogen-bond donors (Lipinski definition) is 19. The first kappa shape index (κ1) is 62.7. The third-order valence-electron chi connectivity index (χ3n) is 12.7. The van der Waals surface area contributed by atoms with Gasteiger partial charge in [0, 0.05) is 27.2 Å². The van der Waals surface area contributed by atoms with Crippen molar-refractivity contribution in [1.29, 1.82) is 0 Å². The van der Waals surface area contributed by atoms with E-state index in [9.17, 15) is 104 Å². The molecule has 5 rings (SSSR count). The fourth-order valence-corrected chi connectivity index (χ4v) is 9.27. The Morgan fingerprint density at radius 3 is 1.67 bits per heavy atom. The van der Waals surface area contributed by atoms with Crippen LogP contribution in [0.25, 0.3) is 0 Å². The molecule has 0 bridgehead atoms. The van der Waals surface area contributed by atoms with Crippen LogP contribution in [0.5, 0.6) is 0 Å². The lowest BCUT2D eigenvalue weighted by Crippen LogP contribution is -2.70. The first-order chi connectivity index (χ1) is 35.0. The second-order valence-electron chi connectivity index (χ2n) is 18.1. The lowest BCUT2D eigenvalue weighted by molar-refractivity contribution is -0.377. The number of aliphatic hydroxyl groups is 14. The number of amides is 3. The van der Waals surface area contributed by atoms with Gasteiger partial charge in [0.15, 0.2) is 25.2 Å². The lowest BCUT2D eigenvalue weighted by Gasteiger charge is -2.50. The van der Waals surface area contributed by atoms with Gasteiger partial charge >= 0.3 is 16.4 Å². The van der Waals surface area contributed by atoms with E-state index in [2.05, 4.69) is 20.1 Å². The molecular weight excluding hydrogens is 1050 g/mol. The van der Waals surface area contributed by atoms with Crippen LogP contribution in [0.4, 0.5) is 0 Å². The zero-order chi connectivity index (χ0) is 56.2. The van der Waals surface area contributed by atoms with Gasteiger partial charge in [-0.15, -0.1) is 0 Å². The molecule has 36 heteroatoms. The van der Waals surface area contributed by atoms with Crippen molar-refractivity contribution in [2.75, 3.05) is 33.0 Å². The molecule has 5 saturated heterocycles. The summed E-state index contributed by atoms with van der Waals surface area (Å²) in [4.78, 5) is 49.6. The molecule has 0 saturated carbocycles. The van der Waals surface area contributed by atoms with Crippen LogP contribution in [0.15, 0.2) is 0 Å². The first-order valence-corrected chi connectivity index (χ1v) is 24.2. The number of aliphatic hydroxyl groups excluding tert-OH is 14. The van der Waals surface area contributed by atoms with Gasteiger partial charge in [0.05, 0.1) is 45.2 Å². The summed E-state index contributed by atoms with van der Waals surface area (Å²) in [7, 11) is -5.13. The van der Waals surface area contributed by atoms with Crippen LogP contribution in [-0.2, 0) is 76.4 Å². The van der Waals surface area contributed by atoms with Crippen molar-refractivity contribution < 1.29 is 156 Å². The summed E-state index contributed by atoms with van der Waals surface area (Å²) in [6, 6.07) is -5.26. The lowest BCUT2D eigenvalue weighted by atomic mass is 9.88. The van der Waals surface area contributed by atoms with Gasteiger partial charge in [-0.1, -0.05) is 0 Å². The highest BCUT2D eigenvalue weighted by atomic mass is 32.3. The van der Waals surface area contributed by atoms with Gasteiger partial charge in [0.2, 0.25) is 17.7 Å². The van der Waals surface area contributed by atoms with Gasteiger partial charge in [0.25, 0.3) is 5.79 Å². The number of nitrogens with one attached hydrogen (secondary N) is 3. The van der Waals surface area contributed by atoms with Gasteiger partial charge < -0.3 is 135 Å². The third kappa shape index (κ3) is 14.8. The molecule has 5 heterocycles. The number of aliphatic carboxylic acids is 1. The van der Waals surface area contributed by atoms with Crippen molar-refractivity contribution in [2.45, 2.75) is 186 Å². The number of carboxylic acid groups (broad SMARTS) is 1. The Hall–Kier alpha value is -3.17. The Balaban J connectivity index is 1.39. The van der Waals surface area contributed by atoms with Crippen LogP contribution in [-0.4, -0.2) is 305 Å². The van der Waals surface area contributed by atoms with E-state index in [1.807, 2.05) is 0 Å². The van der Waals surface area contributed by atoms with Crippen molar-refractivity contribution in [3.63, 3.8) is 0 Å². The topological polar surface area (TPSA) is 554 Å². The van der Waals surface area contributed by atoms with Crippen LogP contribution in [0.3, 0.4) is 0 Å². The normalized spacial score (nSPS) is 43.5. The number of carbonyl (C=O) groups excluding carboxylic acids is 3. The molecular formula is C39H65N3O32S. The summed E-state index contributed by atoms with van der Waals surface area (Å²) in [6.45, 7) is -2.64. The van der Waals surface area contributed by atoms with Crippen molar-refractivity contribution in [1.82, 2.24) is 16.0 Å². The maximum Gasteiger partial charge on any atom is 0.397 e. The number of carbonyl (C=O) groups is 4. The highest BCUT2D eigenvalue weighted by Crippen LogP contribution is 2.37. The van der Waals surface area contributed by atoms with Gasteiger partial charge in [-0.2, -0.15) is 8.42 Å². The zero-order valence-corrected chi connectivity index (χ0v) is 40.6. The van der Waals surface area contributed by atoms with Gasteiger partial charge in [0.1, 0.15) is 116 Å². The Morgan fingerprint density at radius 2 is 1.11 bits per heavy atom. The highest BCUT2D eigenvalue weighted by molar-refractivity contribution is 7.80. The summed E-state index contributed by atoms with van der Waals surface area (Å²) >= 11 is 0. The molecule has 19 N–H and O–H groups in total. The Bertz CT molecular complexity index is 2030. The molecule has 0 aliphatic carbocycles. The van der Waals surface area contributed by atoms with E-state index < -0.39 is 232 Å². The fraction of sp³-hybridized carbons (Fsp3) is 0.897. The van der Waals surface area contributed by atoms with Crippen LogP contribution in [0.1, 0.15) is 27.2 Å². The van der Waals surface area contributed by atoms with Crippen LogP contribution < -0.4 is 16.0 Å². The number of ether oxygens (including phenoxy) is 9. The monoisotopic (exact) mass is 1120 g/mol. The smallest absolute Gasteiger partial charge is 0.397 e. The molecule has 35 nitrogen and oxygen atoms in total. The quantitative estimate of drug-likeness (QED) is 0.0475. The van der Waals surface area contributed by atoms with E-state index >= 15 is 0 Å². The number of hydrogen-bond acceptors (Lipinski definition) is 30. The largest absolute Gasteiger partial charge is 0.477 e. The van der Waals surface area contributed by atoms with E-state index in [0.717, 1.165) is 20.8 Å². The van der Waals surface area contributed by atoms with E-state index in [1.165, 1.54) is 0 Å². The van der Waals surface area contributed by atoms with Crippen LogP contribution in [0.2, 0.25) is 0 Å². The van der Waals surface area contributed by atoms with Gasteiger partial charge in [-0.05, 0) is 0 Å². The average Bonchev–Trinajstić information content (AvgIpc) is 3.33. The Morgan fingerprint density at radius 1 is 0.600 bits per heavy atom. The minimum atomic E-state index is -5.13. The summed E-state index contributed by atoms with van der Waals surface area (Å²) in [6.07, 6.45) is -46.1. The predicted molar refractivity (Wildman–Crippen MR) is 229 cm³/mol. The molecule has 0 aromatic heterocycles. The molecule has 5 fully saturated rings. The van der Waals surface area contributed by atoms with E-state index in [0.29, 0.717) is 0 Å². The molecule has 1 unspecified atom stereocenters. The molecule has 5 aliphatic rings. The predicted octanol–water partition coefficient (Wildman–Crippen LogP) is -12.5. The molecule has 75 heavy (non-hydrogen) atoms. The molecule has 0 aromatic rings. The number of rotatable bonds is 21. The molecule has 434 valence electrons. The van der Waals surface area contributed by atoms with Crippen LogP contribution in [0, 0.1) is 0 Å². The maximum atomic E-state index is 12.8. The van der Waals surface area contributed by atoms with Crippen molar-refractivity contribution in [3.8, 4) is 0 Å². The van der Waals surface area contributed by atoms with Crippen molar-refractivity contribution in [2.24, 2.45) is 0 Å². The van der Waals surface area contributed by atoms with E-state index in [-0.39, 0.29) is 0 Å². The Kier molecular flexibility index (Phi) is 21.9.